The van der Waals surface area contributed by atoms with Crippen molar-refractivity contribution >= 4 is 16.1 Å². The Kier molecular flexibility index (Phi) is 4.75. The number of fused-ring (bicyclic) bond motifs is 1. The first-order chi connectivity index (χ1) is 11.3. The molecule has 0 spiro atoms. The monoisotopic (exact) mass is 359 g/mol. The molecule has 1 saturated carbocycles. The Morgan fingerprint density at radius 1 is 1.00 bits per heavy atom. The van der Waals surface area contributed by atoms with Gasteiger partial charge in [-0.25, -0.2) is 13.1 Å². The zero-order chi connectivity index (χ0) is 17.4. The zero-order valence-electron chi connectivity index (χ0n) is 13.1. The predicted octanol–water partition coefficient (Wildman–Crippen LogP) is 4.01. The zero-order valence-corrected chi connectivity index (χ0v) is 14.0. The number of alkyl halides is 3. The van der Waals surface area contributed by atoms with Gasteiger partial charge < -0.3 is 0 Å². The van der Waals surface area contributed by atoms with E-state index >= 15 is 0 Å². The Balaban J connectivity index is 1.67. The molecule has 132 valence electrons. The third-order valence-electron chi connectivity index (χ3n) is 4.87. The fraction of sp³-hybridized carbons (Fsp3) is 0.529. The van der Waals surface area contributed by atoms with Crippen LogP contribution in [0.15, 0.2) is 29.2 Å². The summed E-state index contributed by atoms with van der Waals surface area (Å²) < 4.78 is 65.8. The van der Waals surface area contributed by atoms with Crippen molar-refractivity contribution in [1.82, 2.24) is 4.72 Å². The minimum Gasteiger partial charge on any atom is -0.208 e. The lowest BCUT2D eigenvalue weighted by Gasteiger charge is -2.30. The van der Waals surface area contributed by atoms with E-state index in [1.807, 2.05) is 24.3 Å². The second-order valence-electron chi connectivity index (χ2n) is 6.52. The van der Waals surface area contributed by atoms with E-state index in [2.05, 4.69) is 4.72 Å². The summed E-state index contributed by atoms with van der Waals surface area (Å²) in [4.78, 5) is 0.319. The molecule has 0 aliphatic heterocycles. The van der Waals surface area contributed by atoms with Gasteiger partial charge in [-0.3, -0.25) is 0 Å². The van der Waals surface area contributed by atoms with Crippen LogP contribution in [0, 0.1) is 5.92 Å². The number of benzene rings is 1. The Bertz CT molecular complexity index is 732. The highest BCUT2D eigenvalue weighted by Gasteiger charge is 2.42. The molecular formula is C17H20F3NO2S. The smallest absolute Gasteiger partial charge is 0.208 e. The summed E-state index contributed by atoms with van der Waals surface area (Å²) in [5.74, 6) is -1.31. The minimum absolute atomic E-state index is 0.0153. The summed E-state index contributed by atoms with van der Waals surface area (Å²) in [5.41, 5.74) is 2.01. The Labute approximate surface area is 140 Å². The van der Waals surface area contributed by atoms with Crippen LogP contribution in [0.2, 0.25) is 0 Å². The lowest BCUT2D eigenvalue weighted by molar-refractivity contribution is -0.182. The van der Waals surface area contributed by atoms with Crippen molar-refractivity contribution in [1.29, 1.82) is 0 Å². The molecular weight excluding hydrogens is 339 g/mol. The number of rotatable bonds is 3. The van der Waals surface area contributed by atoms with E-state index in [9.17, 15) is 21.6 Å². The lowest BCUT2D eigenvalue weighted by Crippen LogP contribution is -2.40. The molecule has 3 rings (SSSR count). The van der Waals surface area contributed by atoms with Crippen LogP contribution >= 0.6 is 0 Å². The summed E-state index contributed by atoms with van der Waals surface area (Å²) in [6.07, 6.45) is -1.01. The Hall–Kier alpha value is -1.34. The van der Waals surface area contributed by atoms with Crippen molar-refractivity contribution < 1.29 is 21.6 Å². The van der Waals surface area contributed by atoms with Gasteiger partial charge in [0.25, 0.3) is 0 Å². The SMILES string of the molecule is O=S(=O)(NC1CCC(C(F)(F)F)CC1)C1=Cc2ccccc2CC1. The third kappa shape index (κ3) is 3.83. The molecule has 0 radical (unpaired) electrons. The van der Waals surface area contributed by atoms with E-state index in [1.165, 1.54) is 0 Å². The van der Waals surface area contributed by atoms with Crippen LogP contribution < -0.4 is 4.72 Å². The summed E-state index contributed by atoms with van der Waals surface area (Å²) in [5, 5.41) is 0. The van der Waals surface area contributed by atoms with Gasteiger partial charge in [0, 0.05) is 6.04 Å². The van der Waals surface area contributed by atoms with Crippen molar-refractivity contribution in [3.8, 4) is 0 Å². The maximum absolute atomic E-state index is 12.7. The molecule has 7 heteroatoms. The largest absolute Gasteiger partial charge is 0.391 e. The molecule has 1 N–H and O–H groups in total. The first-order valence-corrected chi connectivity index (χ1v) is 9.61. The number of hydrogen-bond donors (Lipinski definition) is 1. The molecule has 0 amide bonds. The highest BCUT2D eigenvalue weighted by molar-refractivity contribution is 7.93. The average molecular weight is 359 g/mol. The normalized spacial score (nSPS) is 25.0. The topological polar surface area (TPSA) is 46.2 Å². The molecule has 0 saturated heterocycles. The molecule has 24 heavy (non-hydrogen) atoms. The van der Waals surface area contributed by atoms with Crippen molar-refractivity contribution in [2.24, 2.45) is 5.92 Å². The second-order valence-corrected chi connectivity index (χ2v) is 8.29. The summed E-state index contributed by atoms with van der Waals surface area (Å²) >= 11 is 0. The summed E-state index contributed by atoms with van der Waals surface area (Å²) in [7, 11) is -3.65. The molecule has 1 fully saturated rings. The lowest BCUT2D eigenvalue weighted by atomic mass is 9.86. The molecule has 2 aliphatic rings. The fourth-order valence-corrected chi connectivity index (χ4v) is 4.93. The van der Waals surface area contributed by atoms with Crippen molar-refractivity contribution in [3.63, 3.8) is 0 Å². The highest BCUT2D eigenvalue weighted by atomic mass is 32.2. The number of allylic oxidation sites excluding steroid dienone is 1. The van der Waals surface area contributed by atoms with Crippen LogP contribution in [-0.4, -0.2) is 20.6 Å². The predicted molar refractivity (Wildman–Crippen MR) is 86.6 cm³/mol. The van der Waals surface area contributed by atoms with Crippen molar-refractivity contribution in [3.05, 3.63) is 40.3 Å². The summed E-state index contributed by atoms with van der Waals surface area (Å²) in [6, 6.07) is 7.21. The first kappa shape index (κ1) is 17.5. The minimum atomic E-state index is -4.18. The van der Waals surface area contributed by atoms with E-state index in [4.69, 9.17) is 0 Å². The molecule has 0 aromatic heterocycles. The van der Waals surface area contributed by atoms with Gasteiger partial charge in [-0.05, 0) is 55.7 Å². The van der Waals surface area contributed by atoms with Gasteiger partial charge in [-0.1, -0.05) is 24.3 Å². The van der Waals surface area contributed by atoms with Crippen LogP contribution in [0.4, 0.5) is 13.2 Å². The van der Waals surface area contributed by atoms with E-state index < -0.39 is 28.2 Å². The van der Waals surface area contributed by atoms with Crippen molar-refractivity contribution in [2.75, 3.05) is 0 Å². The molecule has 2 aliphatic carbocycles. The van der Waals surface area contributed by atoms with Crippen LogP contribution in [0.5, 0.6) is 0 Å². The number of aryl methyl sites for hydroxylation is 1. The van der Waals surface area contributed by atoms with Gasteiger partial charge in [-0.15, -0.1) is 0 Å². The molecule has 0 atom stereocenters. The van der Waals surface area contributed by atoms with E-state index in [1.54, 1.807) is 6.08 Å². The maximum atomic E-state index is 12.7. The first-order valence-electron chi connectivity index (χ1n) is 8.13. The van der Waals surface area contributed by atoms with Crippen LogP contribution in [0.3, 0.4) is 0 Å². The van der Waals surface area contributed by atoms with Crippen LogP contribution in [0.25, 0.3) is 6.08 Å². The van der Waals surface area contributed by atoms with Gasteiger partial charge in [0.1, 0.15) is 0 Å². The highest BCUT2D eigenvalue weighted by Crippen LogP contribution is 2.38. The molecule has 0 unspecified atom stereocenters. The second kappa shape index (κ2) is 6.52. The van der Waals surface area contributed by atoms with E-state index in [0.717, 1.165) is 11.1 Å². The van der Waals surface area contributed by atoms with E-state index in [-0.39, 0.29) is 25.7 Å². The summed E-state index contributed by atoms with van der Waals surface area (Å²) in [6.45, 7) is 0. The molecule has 1 aromatic rings. The van der Waals surface area contributed by atoms with E-state index in [0.29, 0.717) is 17.7 Å². The Morgan fingerprint density at radius 3 is 2.33 bits per heavy atom. The van der Waals surface area contributed by atoms with Gasteiger partial charge >= 0.3 is 6.18 Å². The van der Waals surface area contributed by atoms with Gasteiger partial charge in [0.15, 0.2) is 0 Å². The van der Waals surface area contributed by atoms with Gasteiger partial charge in [0.05, 0.1) is 10.8 Å². The third-order valence-corrected chi connectivity index (χ3v) is 6.53. The van der Waals surface area contributed by atoms with Crippen LogP contribution in [0.1, 0.15) is 43.2 Å². The molecule has 0 bridgehead atoms. The number of halogens is 3. The molecule has 0 heterocycles. The number of nitrogens with one attached hydrogen (secondary N) is 1. The number of sulfonamides is 1. The Morgan fingerprint density at radius 2 is 1.67 bits per heavy atom. The molecule has 1 aromatic carbocycles. The van der Waals surface area contributed by atoms with Gasteiger partial charge in [-0.2, -0.15) is 13.2 Å². The van der Waals surface area contributed by atoms with Crippen molar-refractivity contribution in [2.45, 2.75) is 50.7 Å². The van der Waals surface area contributed by atoms with Crippen LogP contribution in [-0.2, 0) is 16.4 Å². The van der Waals surface area contributed by atoms with Gasteiger partial charge in [0.2, 0.25) is 10.0 Å². The standard InChI is InChI=1S/C17H20F3NO2S/c18-17(19,20)14-6-8-15(9-7-14)21-24(22,23)16-10-5-12-3-1-2-4-13(12)11-16/h1-4,11,14-15,21H,5-10H2. The quantitative estimate of drug-likeness (QED) is 0.886. The maximum Gasteiger partial charge on any atom is 0.391 e. The average Bonchev–Trinajstić information content (AvgIpc) is 2.53. The number of hydrogen-bond acceptors (Lipinski definition) is 2. The molecule has 3 nitrogen and oxygen atoms in total. The fourth-order valence-electron chi connectivity index (χ4n) is 3.45.